The number of hydrogen-bond acceptors (Lipinski definition) is 8. The number of hydrogen-bond donors (Lipinski definition) is 2. The van der Waals surface area contributed by atoms with Gasteiger partial charge in [-0.25, -0.2) is 22.8 Å². The molecule has 0 atom stereocenters. The Morgan fingerprint density at radius 2 is 1.89 bits per heavy atom. The normalized spacial score (nSPS) is 15.7. The number of H-pyrrole nitrogens is 1. The molecule has 1 aromatic carbocycles. The van der Waals surface area contributed by atoms with E-state index in [0.29, 0.717) is 28.9 Å². The first-order valence-corrected chi connectivity index (χ1v) is 14.0. The van der Waals surface area contributed by atoms with Crippen molar-refractivity contribution < 1.29 is 12.8 Å². The van der Waals surface area contributed by atoms with E-state index in [1.54, 1.807) is 13.4 Å². The second-order valence-electron chi connectivity index (χ2n) is 9.89. The second-order valence-corrected chi connectivity index (χ2v) is 11.9. The zero-order chi connectivity index (χ0) is 25.9. The van der Waals surface area contributed by atoms with Gasteiger partial charge in [0.1, 0.15) is 23.0 Å². The minimum atomic E-state index is -3.54. The molecule has 0 spiro atoms. The molecule has 0 amide bonds. The second kappa shape index (κ2) is 8.65. The molecule has 2 aliphatic rings. The maximum absolute atomic E-state index is 15.1. The first-order chi connectivity index (χ1) is 17.7. The summed E-state index contributed by atoms with van der Waals surface area (Å²) in [5.41, 5.74) is 3.58. The van der Waals surface area contributed by atoms with Crippen molar-refractivity contribution in [2.45, 2.75) is 42.4 Å². The Hall–Kier alpha value is -3.80. The van der Waals surface area contributed by atoms with E-state index >= 15 is 4.39 Å². The lowest BCUT2D eigenvalue weighted by atomic mass is 10.1. The number of aryl methyl sites for hydroxylation is 1. The van der Waals surface area contributed by atoms with E-state index in [-0.39, 0.29) is 22.4 Å². The Labute approximate surface area is 213 Å². The Morgan fingerprint density at radius 1 is 1.14 bits per heavy atom. The highest BCUT2D eigenvalue weighted by molar-refractivity contribution is 7.90. The third-order valence-electron chi connectivity index (χ3n) is 6.74. The fourth-order valence-electron chi connectivity index (χ4n) is 4.42. The fraction of sp³-hybridized carbons (Fsp3) is 0.360. The van der Waals surface area contributed by atoms with Gasteiger partial charge in [0.2, 0.25) is 5.95 Å². The van der Waals surface area contributed by atoms with Gasteiger partial charge in [-0.3, -0.25) is 5.10 Å². The molecule has 37 heavy (non-hydrogen) atoms. The highest BCUT2D eigenvalue weighted by Crippen LogP contribution is 2.48. The first-order valence-electron chi connectivity index (χ1n) is 12.1. The van der Waals surface area contributed by atoms with Crippen molar-refractivity contribution in [2.75, 3.05) is 23.5 Å². The number of benzene rings is 1. The molecule has 2 saturated carbocycles. The van der Waals surface area contributed by atoms with Gasteiger partial charge in [0.05, 0.1) is 16.9 Å². The predicted molar refractivity (Wildman–Crippen MR) is 138 cm³/mol. The third-order valence-corrected chi connectivity index (χ3v) is 7.85. The molecule has 0 aliphatic heterocycles. The van der Waals surface area contributed by atoms with Crippen LogP contribution in [0, 0.1) is 5.82 Å². The van der Waals surface area contributed by atoms with Crippen LogP contribution in [0.1, 0.15) is 48.8 Å². The number of sulfone groups is 1. The van der Waals surface area contributed by atoms with Crippen LogP contribution in [-0.2, 0) is 16.9 Å². The number of nitrogens with zero attached hydrogens (tertiary/aromatic N) is 6. The van der Waals surface area contributed by atoms with Gasteiger partial charge in [-0.1, -0.05) is 0 Å². The number of halogens is 1. The molecular formula is C25H27FN8O2S. The van der Waals surface area contributed by atoms with Crippen molar-refractivity contribution in [1.29, 1.82) is 0 Å². The summed E-state index contributed by atoms with van der Waals surface area (Å²) in [6.45, 7) is 0. The van der Waals surface area contributed by atoms with Crippen molar-refractivity contribution in [3.05, 3.63) is 53.9 Å². The van der Waals surface area contributed by atoms with E-state index < -0.39 is 15.7 Å². The molecule has 0 radical (unpaired) electrons. The Balaban J connectivity index is 1.46. The summed E-state index contributed by atoms with van der Waals surface area (Å²) in [6, 6.07) is 5.82. The Kier molecular flexibility index (Phi) is 5.51. The number of nitrogens with one attached hydrogen (secondary N) is 2. The van der Waals surface area contributed by atoms with Crippen molar-refractivity contribution >= 4 is 33.1 Å². The minimum Gasteiger partial charge on any atom is -0.340 e. The monoisotopic (exact) mass is 522 g/mol. The van der Waals surface area contributed by atoms with Gasteiger partial charge in [-0.15, -0.1) is 0 Å². The van der Waals surface area contributed by atoms with Gasteiger partial charge in [0, 0.05) is 49.8 Å². The van der Waals surface area contributed by atoms with Crippen molar-refractivity contribution in [3.63, 3.8) is 0 Å². The standard InChI is InChI=1S/C25H27FN8O2S/c1-33-12-19(27-13-33)23-22(15-6-7-15)24(28-21-11-18(31-32-21)14-4-5-14)30-25(29-23)34(2)20-9-8-16(10-17(20)26)37(3,35)36/h8-15H,4-7H2,1-3H3,(H2,28,29,30,31,32). The van der Waals surface area contributed by atoms with Crippen LogP contribution >= 0.6 is 0 Å². The molecule has 6 rings (SSSR count). The molecule has 4 aromatic rings. The van der Waals surface area contributed by atoms with Gasteiger partial charge in [-0.05, 0) is 49.8 Å². The third kappa shape index (κ3) is 4.68. The summed E-state index contributed by atoms with van der Waals surface area (Å²) in [4.78, 5) is 15.6. The van der Waals surface area contributed by atoms with E-state index in [9.17, 15) is 8.42 Å². The van der Waals surface area contributed by atoms with Crippen LogP contribution in [0.15, 0.2) is 41.7 Å². The smallest absolute Gasteiger partial charge is 0.232 e. The van der Waals surface area contributed by atoms with Crippen LogP contribution in [0.5, 0.6) is 0 Å². The number of anilines is 4. The molecule has 0 bridgehead atoms. The summed E-state index contributed by atoms with van der Waals surface area (Å²) >= 11 is 0. The largest absolute Gasteiger partial charge is 0.340 e. The molecule has 3 heterocycles. The zero-order valence-electron chi connectivity index (χ0n) is 20.7. The van der Waals surface area contributed by atoms with E-state index in [4.69, 9.17) is 9.97 Å². The molecule has 2 N–H and O–H groups in total. The molecule has 12 heteroatoms. The molecule has 192 valence electrons. The highest BCUT2D eigenvalue weighted by Gasteiger charge is 2.33. The molecule has 2 fully saturated rings. The number of aromatic amines is 1. The topological polar surface area (TPSA) is 122 Å². The van der Waals surface area contributed by atoms with Crippen LogP contribution in [0.4, 0.5) is 27.7 Å². The average Bonchev–Trinajstić information content (AvgIpc) is 3.78. The lowest BCUT2D eigenvalue weighted by molar-refractivity contribution is 0.596. The van der Waals surface area contributed by atoms with E-state index in [1.807, 2.05) is 23.9 Å². The first kappa shape index (κ1) is 23.6. The zero-order valence-corrected chi connectivity index (χ0v) is 21.5. The van der Waals surface area contributed by atoms with Crippen molar-refractivity contribution in [1.82, 2.24) is 29.7 Å². The lowest BCUT2D eigenvalue weighted by Crippen LogP contribution is -2.17. The maximum atomic E-state index is 15.1. The quantitative estimate of drug-likeness (QED) is 0.349. The van der Waals surface area contributed by atoms with E-state index in [0.717, 1.165) is 49.3 Å². The van der Waals surface area contributed by atoms with Gasteiger partial charge < -0.3 is 14.8 Å². The highest BCUT2D eigenvalue weighted by atomic mass is 32.2. The molecule has 3 aromatic heterocycles. The number of aromatic nitrogens is 6. The number of imidazole rings is 1. The predicted octanol–water partition coefficient (Wildman–Crippen LogP) is 4.41. The average molecular weight is 523 g/mol. The van der Waals surface area contributed by atoms with E-state index in [2.05, 4.69) is 20.5 Å². The van der Waals surface area contributed by atoms with Gasteiger partial charge in [0.15, 0.2) is 15.7 Å². The number of rotatable bonds is 8. The molecule has 0 saturated heterocycles. The summed E-state index contributed by atoms with van der Waals surface area (Å²) in [5, 5.41) is 10.9. The van der Waals surface area contributed by atoms with Crippen LogP contribution in [0.25, 0.3) is 11.4 Å². The Morgan fingerprint density at radius 3 is 2.51 bits per heavy atom. The summed E-state index contributed by atoms with van der Waals surface area (Å²) < 4.78 is 40.7. The summed E-state index contributed by atoms with van der Waals surface area (Å²) in [5.74, 6) is 1.63. The van der Waals surface area contributed by atoms with Gasteiger partial charge in [0.25, 0.3) is 0 Å². The van der Waals surface area contributed by atoms with Gasteiger partial charge >= 0.3 is 0 Å². The van der Waals surface area contributed by atoms with Crippen LogP contribution in [0.3, 0.4) is 0 Å². The SMILES string of the molecule is CN(c1nc(Nc2cc(C3CC3)[nH]n2)c(C2CC2)c(-c2cn(C)cn2)n1)c1ccc(S(C)(=O)=O)cc1F. The fourth-order valence-corrected chi connectivity index (χ4v) is 5.05. The van der Waals surface area contributed by atoms with Crippen LogP contribution in [-0.4, -0.2) is 51.4 Å². The molecule has 10 nitrogen and oxygen atoms in total. The van der Waals surface area contributed by atoms with Crippen molar-refractivity contribution in [2.24, 2.45) is 7.05 Å². The molecule has 0 unspecified atom stereocenters. The molecule has 2 aliphatic carbocycles. The van der Waals surface area contributed by atoms with E-state index in [1.165, 1.54) is 17.0 Å². The van der Waals surface area contributed by atoms with Crippen LogP contribution < -0.4 is 10.2 Å². The van der Waals surface area contributed by atoms with Gasteiger partial charge in [-0.2, -0.15) is 10.1 Å². The Bertz CT molecular complexity index is 1600. The minimum absolute atomic E-state index is 0.0892. The van der Waals surface area contributed by atoms with Crippen molar-refractivity contribution in [3.8, 4) is 11.4 Å². The maximum Gasteiger partial charge on any atom is 0.232 e. The summed E-state index contributed by atoms with van der Waals surface area (Å²) in [6.07, 6.45) is 9.00. The summed E-state index contributed by atoms with van der Waals surface area (Å²) in [7, 11) is -0.00184. The van der Waals surface area contributed by atoms with Crippen LogP contribution in [0.2, 0.25) is 0 Å². The lowest BCUT2D eigenvalue weighted by Gasteiger charge is -2.22. The molecular weight excluding hydrogens is 495 g/mol.